The number of hydrogen-bond acceptors (Lipinski definition) is 3. The Balaban J connectivity index is 3.61. The van der Waals surface area contributed by atoms with Crippen molar-refractivity contribution in [3.63, 3.8) is 0 Å². The Labute approximate surface area is 60.3 Å². The van der Waals surface area contributed by atoms with Crippen LogP contribution in [0.15, 0.2) is 0 Å². The van der Waals surface area contributed by atoms with Crippen molar-refractivity contribution in [2.45, 2.75) is 13.8 Å². The summed E-state index contributed by atoms with van der Waals surface area (Å²) in [4.78, 5) is 10.6. The minimum Gasteiger partial charge on any atom is -0.275 e. The minimum absolute atomic E-state index is 0.420. The summed E-state index contributed by atoms with van der Waals surface area (Å²) in [6, 6.07) is -0.485. The maximum absolute atomic E-state index is 10.6. The van der Waals surface area contributed by atoms with E-state index in [1.165, 1.54) is 0 Å². The molecule has 0 unspecified atom stereocenters. The molecule has 0 aromatic carbocycles. The van der Waals surface area contributed by atoms with E-state index in [-0.39, 0.29) is 0 Å². The molecule has 0 atom stereocenters. The highest BCUT2D eigenvalue weighted by Crippen LogP contribution is 1.95. The predicted molar refractivity (Wildman–Crippen MR) is 38.2 cm³/mol. The zero-order valence-corrected chi connectivity index (χ0v) is 6.22. The van der Waals surface area contributed by atoms with Gasteiger partial charge in [0.2, 0.25) is 0 Å². The second-order valence-corrected chi connectivity index (χ2v) is 2.28. The molecular formula is C5H13N4O. The van der Waals surface area contributed by atoms with Gasteiger partial charge in [-0.1, -0.05) is 13.8 Å². The van der Waals surface area contributed by atoms with Gasteiger partial charge in [0.25, 0.3) is 0 Å². The lowest BCUT2D eigenvalue weighted by molar-refractivity contribution is 0.201. The summed E-state index contributed by atoms with van der Waals surface area (Å²) in [5, 5.41) is 1.01. The fourth-order valence-corrected chi connectivity index (χ4v) is 0.495. The van der Waals surface area contributed by atoms with E-state index in [0.717, 1.165) is 10.9 Å². The minimum atomic E-state index is -0.485. The van der Waals surface area contributed by atoms with Gasteiger partial charge in [-0.15, -0.1) is 0 Å². The standard InChI is InChI=1S/C5H13N4O/c1-4(2)3-9(7)5(10)8-6/h3,6-7H2,1-2H3,(H,8,10). The Morgan fingerprint density at radius 1 is 1.60 bits per heavy atom. The third-order valence-corrected chi connectivity index (χ3v) is 0.871. The fraction of sp³-hybridized carbons (Fsp3) is 0.600. The Hall–Kier alpha value is -0.810. The van der Waals surface area contributed by atoms with Crippen LogP contribution in [0, 0.1) is 5.92 Å². The average Bonchev–Trinajstić information content (AvgIpc) is 1.85. The molecule has 1 radical (unpaired) electrons. The monoisotopic (exact) mass is 145 g/mol. The molecule has 0 saturated carbocycles. The third kappa shape index (κ3) is 3.26. The first-order valence-electron chi connectivity index (χ1n) is 2.89. The van der Waals surface area contributed by atoms with Crippen molar-refractivity contribution < 1.29 is 4.79 Å². The lowest BCUT2D eigenvalue weighted by Gasteiger charge is -2.16. The van der Waals surface area contributed by atoms with E-state index in [2.05, 4.69) is 0 Å². The van der Waals surface area contributed by atoms with Crippen LogP contribution in [0.2, 0.25) is 0 Å². The molecule has 0 heterocycles. The van der Waals surface area contributed by atoms with Gasteiger partial charge in [0.05, 0.1) is 0 Å². The molecule has 0 bridgehead atoms. The van der Waals surface area contributed by atoms with Crippen LogP contribution < -0.4 is 17.1 Å². The highest BCUT2D eigenvalue weighted by atomic mass is 16.2. The summed E-state index contributed by atoms with van der Waals surface area (Å²) in [7, 11) is 0. The smallest absolute Gasteiger partial charge is 0.275 e. The van der Waals surface area contributed by atoms with Gasteiger partial charge in [0.15, 0.2) is 0 Å². The van der Waals surface area contributed by atoms with Gasteiger partial charge in [-0.2, -0.15) is 0 Å². The molecule has 59 valence electrons. The van der Waals surface area contributed by atoms with Crippen LogP contribution in [0.5, 0.6) is 0 Å². The molecule has 0 aliphatic rings. The molecule has 0 spiro atoms. The van der Waals surface area contributed by atoms with Gasteiger partial charge in [0.1, 0.15) is 0 Å². The van der Waals surface area contributed by atoms with E-state index in [9.17, 15) is 4.79 Å². The second-order valence-electron chi connectivity index (χ2n) is 2.28. The molecule has 0 saturated heterocycles. The maximum Gasteiger partial charge on any atom is 0.345 e. The molecule has 0 aliphatic heterocycles. The molecule has 0 aromatic heterocycles. The highest BCUT2D eigenvalue weighted by molar-refractivity contribution is 5.72. The predicted octanol–water partition coefficient (Wildman–Crippen LogP) is -0.640. The van der Waals surface area contributed by atoms with Crippen molar-refractivity contribution in [2.24, 2.45) is 11.7 Å². The molecule has 0 aliphatic carbocycles. The van der Waals surface area contributed by atoms with Crippen LogP contribution in [0.1, 0.15) is 13.8 Å². The molecule has 10 heavy (non-hydrogen) atoms. The van der Waals surface area contributed by atoms with Crippen LogP contribution in [-0.4, -0.2) is 17.6 Å². The highest BCUT2D eigenvalue weighted by Gasteiger charge is 2.07. The lowest BCUT2D eigenvalue weighted by Crippen LogP contribution is -2.48. The van der Waals surface area contributed by atoms with E-state index in [4.69, 9.17) is 11.7 Å². The van der Waals surface area contributed by atoms with Crippen molar-refractivity contribution in [3.8, 4) is 0 Å². The zero-order chi connectivity index (χ0) is 8.15. The summed E-state index contributed by atoms with van der Waals surface area (Å²) in [6.07, 6.45) is 0. The van der Waals surface area contributed by atoms with E-state index < -0.39 is 6.03 Å². The summed E-state index contributed by atoms with van der Waals surface area (Å²) >= 11 is 0. The average molecular weight is 145 g/mol. The third-order valence-electron chi connectivity index (χ3n) is 0.871. The number of nitrogens with zero attached hydrogens (tertiary/aromatic N) is 1. The number of carbonyl (C=O) groups is 1. The Kier molecular flexibility index (Phi) is 3.75. The van der Waals surface area contributed by atoms with Gasteiger partial charge in [-0.25, -0.2) is 16.5 Å². The van der Waals surface area contributed by atoms with Crippen LogP contribution in [0.25, 0.3) is 0 Å². The van der Waals surface area contributed by atoms with Crippen LogP contribution in [0.4, 0.5) is 4.79 Å². The summed E-state index contributed by atoms with van der Waals surface area (Å²) in [5.41, 5.74) is 1.92. The van der Waals surface area contributed by atoms with Gasteiger partial charge < -0.3 is 0 Å². The summed E-state index contributed by atoms with van der Waals surface area (Å²) < 4.78 is 0. The maximum atomic E-state index is 10.6. The number of amides is 2. The number of carbonyl (C=O) groups excluding carboxylic acids is 1. The molecule has 5 heteroatoms. The number of nitrogens with one attached hydrogen (secondary N) is 1. The second kappa shape index (κ2) is 4.08. The van der Waals surface area contributed by atoms with Gasteiger partial charge in [-0.05, 0) is 5.92 Å². The Morgan fingerprint density at radius 3 is 2.40 bits per heavy atom. The molecule has 0 aromatic rings. The largest absolute Gasteiger partial charge is 0.345 e. The number of hydrazine groups is 2. The van der Waals surface area contributed by atoms with Crippen LogP contribution >= 0.6 is 0 Å². The van der Waals surface area contributed by atoms with Crippen molar-refractivity contribution in [3.05, 3.63) is 5.92 Å². The fourth-order valence-electron chi connectivity index (χ4n) is 0.495. The Bertz CT molecular complexity index is 114. The molecule has 5 N–H and O–H groups in total. The number of nitrogens with two attached hydrogens (primary N) is 2. The van der Waals surface area contributed by atoms with Crippen molar-refractivity contribution in [2.75, 3.05) is 6.54 Å². The SMILES string of the molecule is C[C](C)CN(N)C(=O)NN. The first-order valence-corrected chi connectivity index (χ1v) is 2.89. The van der Waals surface area contributed by atoms with Crippen LogP contribution in [-0.2, 0) is 0 Å². The topological polar surface area (TPSA) is 84.4 Å². The zero-order valence-electron chi connectivity index (χ0n) is 6.22. The first kappa shape index (κ1) is 9.19. The normalized spacial score (nSPS) is 9.70. The number of hydrogen-bond donors (Lipinski definition) is 3. The van der Waals surface area contributed by atoms with Crippen LogP contribution in [0.3, 0.4) is 0 Å². The molecule has 0 rings (SSSR count). The summed E-state index contributed by atoms with van der Waals surface area (Å²) in [6.45, 7) is 4.18. The van der Waals surface area contributed by atoms with E-state index in [1.807, 2.05) is 19.3 Å². The van der Waals surface area contributed by atoms with Crippen molar-refractivity contribution >= 4 is 6.03 Å². The molecule has 0 fully saturated rings. The number of urea groups is 1. The lowest BCUT2D eigenvalue weighted by atomic mass is 10.2. The molecular weight excluding hydrogens is 132 g/mol. The summed E-state index contributed by atoms with van der Waals surface area (Å²) in [5.74, 6) is 11.1. The van der Waals surface area contributed by atoms with E-state index >= 15 is 0 Å². The van der Waals surface area contributed by atoms with Gasteiger partial charge in [0, 0.05) is 6.54 Å². The van der Waals surface area contributed by atoms with Gasteiger partial charge in [-0.3, -0.25) is 10.4 Å². The van der Waals surface area contributed by atoms with Gasteiger partial charge >= 0.3 is 6.03 Å². The molecule has 2 amide bonds. The van der Waals surface area contributed by atoms with E-state index in [0.29, 0.717) is 6.54 Å². The molecule has 5 nitrogen and oxygen atoms in total. The van der Waals surface area contributed by atoms with Crippen molar-refractivity contribution in [1.82, 2.24) is 10.4 Å². The number of rotatable bonds is 2. The van der Waals surface area contributed by atoms with E-state index in [1.54, 1.807) is 0 Å². The van der Waals surface area contributed by atoms with Crippen molar-refractivity contribution in [1.29, 1.82) is 0 Å². The first-order chi connectivity index (χ1) is 4.57. The quantitative estimate of drug-likeness (QED) is 0.274. The Morgan fingerprint density at radius 2 is 2.10 bits per heavy atom.